The molecule has 1 atom stereocenters. The van der Waals surface area contributed by atoms with E-state index in [-0.39, 0.29) is 22.3 Å². The standard InChI is InChI=1S/C17H26N4O3S/c18-25(23,24)14-3-1-13(2-4-14)5-8-20-16(22)15-11-17(12-21-15)6-9-19-10-7-17/h1-4,15,19,21H,5-12H2,(H,20,22)(H2,18,23,24)/t15-/m1/s1. The van der Waals surface area contributed by atoms with E-state index >= 15 is 0 Å². The molecule has 2 aliphatic rings. The van der Waals surface area contributed by atoms with Crippen molar-refractivity contribution in [3.8, 4) is 0 Å². The average molecular weight is 366 g/mol. The van der Waals surface area contributed by atoms with Crippen LogP contribution < -0.4 is 21.1 Å². The molecule has 8 heteroatoms. The van der Waals surface area contributed by atoms with Gasteiger partial charge in [0.05, 0.1) is 10.9 Å². The van der Waals surface area contributed by atoms with Crippen LogP contribution in [0.3, 0.4) is 0 Å². The van der Waals surface area contributed by atoms with Crippen LogP contribution in [0, 0.1) is 5.41 Å². The zero-order chi connectivity index (χ0) is 17.9. The van der Waals surface area contributed by atoms with Crippen LogP contribution in [0.15, 0.2) is 29.2 Å². The van der Waals surface area contributed by atoms with E-state index in [1.807, 2.05) is 0 Å². The van der Waals surface area contributed by atoms with Gasteiger partial charge in [0, 0.05) is 13.1 Å². The molecule has 1 aromatic rings. The van der Waals surface area contributed by atoms with Crippen molar-refractivity contribution in [2.75, 3.05) is 26.2 Å². The van der Waals surface area contributed by atoms with Crippen LogP contribution in [-0.4, -0.2) is 46.5 Å². The van der Waals surface area contributed by atoms with E-state index in [0.717, 1.165) is 44.5 Å². The Kier molecular flexibility index (Phi) is 5.43. The molecule has 1 aromatic carbocycles. The first-order valence-electron chi connectivity index (χ1n) is 8.72. The van der Waals surface area contributed by atoms with Gasteiger partial charge in [-0.2, -0.15) is 0 Å². The number of sulfonamides is 1. The number of amides is 1. The van der Waals surface area contributed by atoms with E-state index in [0.29, 0.717) is 13.0 Å². The summed E-state index contributed by atoms with van der Waals surface area (Å²) >= 11 is 0. The van der Waals surface area contributed by atoms with Gasteiger partial charge in [0.2, 0.25) is 15.9 Å². The molecule has 3 rings (SSSR count). The van der Waals surface area contributed by atoms with Crippen LogP contribution in [0.4, 0.5) is 0 Å². The fraction of sp³-hybridized carbons (Fsp3) is 0.588. The van der Waals surface area contributed by atoms with E-state index in [1.54, 1.807) is 12.1 Å². The fourth-order valence-electron chi connectivity index (χ4n) is 3.74. The maximum Gasteiger partial charge on any atom is 0.238 e. The Balaban J connectivity index is 1.45. The summed E-state index contributed by atoms with van der Waals surface area (Å²) in [5.74, 6) is 0.0524. The highest BCUT2D eigenvalue weighted by molar-refractivity contribution is 7.89. The van der Waals surface area contributed by atoms with Crippen LogP contribution in [0.25, 0.3) is 0 Å². The lowest BCUT2D eigenvalue weighted by Crippen LogP contribution is -2.41. The van der Waals surface area contributed by atoms with Crippen LogP contribution in [0.5, 0.6) is 0 Å². The molecule has 0 saturated carbocycles. The largest absolute Gasteiger partial charge is 0.354 e. The quantitative estimate of drug-likeness (QED) is 0.573. The van der Waals surface area contributed by atoms with Gasteiger partial charge in [-0.25, -0.2) is 13.6 Å². The molecule has 2 fully saturated rings. The number of piperidine rings is 1. The first-order chi connectivity index (χ1) is 11.9. The Morgan fingerprint density at radius 2 is 1.92 bits per heavy atom. The highest BCUT2D eigenvalue weighted by Gasteiger charge is 2.41. The lowest BCUT2D eigenvalue weighted by Gasteiger charge is -2.33. The third kappa shape index (κ3) is 4.58. The molecule has 0 aliphatic carbocycles. The second kappa shape index (κ2) is 7.41. The Morgan fingerprint density at radius 1 is 1.24 bits per heavy atom. The van der Waals surface area contributed by atoms with Gasteiger partial charge in [0.1, 0.15) is 0 Å². The predicted molar refractivity (Wildman–Crippen MR) is 95.5 cm³/mol. The number of hydrogen-bond acceptors (Lipinski definition) is 5. The minimum atomic E-state index is -3.66. The molecule has 0 unspecified atom stereocenters. The lowest BCUT2D eigenvalue weighted by atomic mass is 9.77. The van der Waals surface area contributed by atoms with E-state index in [2.05, 4.69) is 16.0 Å². The van der Waals surface area contributed by atoms with Crippen LogP contribution in [0.2, 0.25) is 0 Å². The summed E-state index contributed by atoms with van der Waals surface area (Å²) in [5, 5.41) is 14.8. The number of carbonyl (C=O) groups excluding carboxylic acids is 1. The lowest BCUT2D eigenvalue weighted by molar-refractivity contribution is -0.122. The smallest absolute Gasteiger partial charge is 0.238 e. The van der Waals surface area contributed by atoms with E-state index in [4.69, 9.17) is 5.14 Å². The zero-order valence-corrected chi connectivity index (χ0v) is 15.1. The van der Waals surface area contributed by atoms with Crippen LogP contribution in [0.1, 0.15) is 24.8 Å². The summed E-state index contributed by atoms with van der Waals surface area (Å²) in [4.78, 5) is 12.5. The molecule has 138 valence electrons. The first kappa shape index (κ1) is 18.3. The van der Waals surface area contributed by atoms with E-state index < -0.39 is 10.0 Å². The SMILES string of the molecule is NS(=O)(=O)c1ccc(CCNC(=O)[C@H]2CC3(CCNCC3)CN2)cc1. The zero-order valence-electron chi connectivity index (χ0n) is 14.3. The number of primary sulfonamides is 1. The Hall–Kier alpha value is -1.48. The summed E-state index contributed by atoms with van der Waals surface area (Å²) in [6.45, 7) is 3.51. The number of nitrogens with two attached hydrogens (primary N) is 1. The molecule has 1 spiro atoms. The molecule has 25 heavy (non-hydrogen) atoms. The Morgan fingerprint density at radius 3 is 2.56 bits per heavy atom. The van der Waals surface area contributed by atoms with Crippen molar-refractivity contribution >= 4 is 15.9 Å². The van der Waals surface area contributed by atoms with Gasteiger partial charge in [-0.05, 0) is 61.9 Å². The van der Waals surface area contributed by atoms with Gasteiger partial charge < -0.3 is 16.0 Å². The van der Waals surface area contributed by atoms with Crippen molar-refractivity contribution in [2.45, 2.75) is 36.6 Å². The van der Waals surface area contributed by atoms with Crippen molar-refractivity contribution < 1.29 is 13.2 Å². The number of hydrogen-bond donors (Lipinski definition) is 4. The summed E-state index contributed by atoms with van der Waals surface area (Å²) < 4.78 is 22.5. The molecule has 1 amide bonds. The number of nitrogens with one attached hydrogen (secondary N) is 3. The molecule has 2 heterocycles. The minimum Gasteiger partial charge on any atom is -0.354 e. The summed E-state index contributed by atoms with van der Waals surface area (Å²) in [5.41, 5.74) is 1.23. The minimum absolute atomic E-state index is 0.0524. The first-order valence-corrected chi connectivity index (χ1v) is 10.3. The Labute approximate surface area is 148 Å². The number of carbonyl (C=O) groups is 1. The third-order valence-corrected chi connectivity index (χ3v) is 6.24. The van der Waals surface area contributed by atoms with Gasteiger partial charge in [-0.15, -0.1) is 0 Å². The maximum absolute atomic E-state index is 12.4. The molecule has 0 radical (unpaired) electrons. The summed E-state index contributed by atoms with van der Waals surface area (Å²) in [6.07, 6.45) is 3.81. The predicted octanol–water partition coefficient (Wildman–Crippen LogP) is -0.276. The normalized spacial score (nSPS) is 22.8. The van der Waals surface area contributed by atoms with Crippen molar-refractivity contribution in [3.05, 3.63) is 29.8 Å². The molecular formula is C17H26N4O3S. The highest BCUT2D eigenvalue weighted by atomic mass is 32.2. The molecule has 2 aliphatic heterocycles. The monoisotopic (exact) mass is 366 g/mol. The molecule has 0 aromatic heterocycles. The third-order valence-electron chi connectivity index (χ3n) is 5.31. The molecule has 5 N–H and O–H groups in total. The average Bonchev–Trinajstić information content (AvgIpc) is 2.99. The molecular weight excluding hydrogens is 340 g/mol. The van der Waals surface area contributed by atoms with Gasteiger partial charge >= 0.3 is 0 Å². The van der Waals surface area contributed by atoms with Gasteiger partial charge in [-0.3, -0.25) is 4.79 Å². The second-order valence-corrected chi connectivity index (χ2v) is 8.68. The molecule has 2 saturated heterocycles. The Bertz CT molecular complexity index is 712. The van der Waals surface area contributed by atoms with Crippen LogP contribution >= 0.6 is 0 Å². The van der Waals surface area contributed by atoms with Gasteiger partial charge in [0.15, 0.2) is 0 Å². The van der Waals surface area contributed by atoms with Crippen molar-refractivity contribution in [1.82, 2.24) is 16.0 Å². The van der Waals surface area contributed by atoms with Crippen LogP contribution in [-0.2, 0) is 21.2 Å². The number of rotatable bonds is 5. The summed E-state index contributed by atoms with van der Waals surface area (Å²) in [7, 11) is -3.66. The summed E-state index contributed by atoms with van der Waals surface area (Å²) in [6, 6.07) is 6.33. The van der Waals surface area contributed by atoms with E-state index in [9.17, 15) is 13.2 Å². The van der Waals surface area contributed by atoms with Crippen molar-refractivity contribution in [1.29, 1.82) is 0 Å². The highest BCUT2D eigenvalue weighted by Crippen LogP contribution is 2.37. The number of benzene rings is 1. The van der Waals surface area contributed by atoms with Gasteiger partial charge in [-0.1, -0.05) is 12.1 Å². The topological polar surface area (TPSA) is 113 Å². The van der Waals surface area contributed by atoms with Crippen molar-refractivity contribution in [2.24, 2.45) is 10.6 Å². The fourth-order valence-corrected chi connectivity index (χ4v) is 4.25. The molecule has 0 bridgehead atoms. The van der Waals surface area contributed by atoms with Gasteiger partial charge in [0.25, 0.3) is 0 Å². The van der Waals surface area contributed by atoms with E-state index in [1.165, 1.54) is 12.1 Å². The molecule has 7 nitrogen and oxygen atoms in total. The van der Waals surface area contributed by atoms with Crippen molar-refractivity contribution in [3.63, 3.8) is 0 Å². The maximum atomic E-state index is 12.4. The second-order valence-electron chi connectivity index (χ2n) is 7.12.